The van der Waals surface area contributed by atoms with Gasteiger partial charge in [-0.2, -0.15) is 0 Å². The minimum atomic E-state index is -1.07. The van der Waals surface area contributed by atoms with Crippen molar-refractivity contribution in [3.63, 3.8) is 0 Å². The standard InChI is InChI=1S/C28H34O3/c1-26(2,3)22-15-23(29)25(30)28(27(4,5)6)21-14-10-8-12-19(21)17-31-16-18-11-7-9-13-20(18)24(22)28/h7-15,25,29-30H,16-17H2,1-6H3. The highest BCUT2D eigenvalue weighted by Crippen LogP contribution is 2.60. The van der Waals surface area contributed by atoms with Crippen LogP contribution in [0.4, 0.5) is 0 Å². The second-order valence-electron chi connectivity index (χ2n) is 10.9. The van der Waals surface area contributed by atoms with E-state index >= 15 is 0 Å². The first-order chi connectivity index (χ1) is 14.5. The molecule has 2 unspecified atom stereocenters. The van der Waals surface area contributed by atoms with Gasteiger partial charge in [0, 0.05) is 0 Å². The van der Waals surface area contributed by atoms with Crippen molar-refractivity contribution in [2.45, 2.75) is 66.3 Å². The van der Waals surface area contributed by atoms with Gasteiger partial charge in [-0.25, -0.2) is 0 Å². The molecular formula is C28H34O3. The molecule has 31 heavy (non-hydrogen) atoms. The maximum Gasteiger partial charge on any atom is 0.125 e. The Hall–Kier alpha value is -2.36. The van der Waals surface area contributed by atoms with E-state index in [1.165, 1.54) is 0 Å². The van der Waals surface area contributed by atoms with Crippen LogP contribution in [0.2, 0.25) is 0 Å². The van der Waals surface area contributed by atoms with Crippen LogP contribution in [0.1, 0.15) is 63.8 Å². The molecule has 4 rings (SSSR count). The number of benzene rings is 2. The third-order valence-electron chi connectivity index (χ3n) is 6.88. The van der Waals surface area contributed by atoms with Crippen LogP contribution >= 0.6 is 0 Å². The van der Waals surface area contributed by atoms with Crippen LogP contribution in [0, 0.1) is 10.8 Å². The van der Waals surface area contributed by atoms with E-state index in [0.29, 0.717) is 13.2 Å². The second kappa shape index (κ2) is 7.36. The molecule has 0 saturated heterocycles. The average Bonchev–Trinajstić information content (AvgIpc) is 2.75. The SMILES string of the molecule is CC(C)(C)C1=C2c3ccccc3COCc3ccccc3C2(C(C)(C)C)C(O)C(O)=C1. The van der Waals surface area contributed by atoms with Crippen molar-refractivity contribution in [2.24, 2.45) is 10.8 Å². The van der Waals surface area contributed by atoms with Crippen LogP contribution < -0.4 is 0 Å². The van der Waals surface area contributed by atoms with E-state index in [1.807, 2.05) is 24.3 Å². The Labute approximate surface area is 186 Å². The fourth-order valence-corrected chi connectivity index (χ4v) is 5.48. The van der Waals surface area contributed by atoms with E-state index in [-0.39, 0.29) is 11.2 Å². The van der Waals surface area contributed by atoms with Crippen LogP contribution in [-0.4, -0.2) is 16.3 Å². The van der Waals surface area contributed by atoms with Crippen molar-refractivity contribution in [2.75, 3.05) is 0 Å². The van der Waals surface area contributed by atoms with Gasteiger partial charge >= 0.3 is 0 Å². The average molecular weight is 419 g/mol. The van der Waals surface area contributed by atoms with Crippen molar-refractivity contribution < 1.29 is 14.9 Å². The molecule has 2 N–H and O–H groups in total. The predicted octanol–water partition coefficient (Wildman–Crippen LogP) is 6.32. The van der Waals surface area contributed by atoms with Gasteiger partial charge in [-0.05, 0) is 50.3 Å². The molecular weight excluding hydrogens is 384 g/mol. The molecule has 0 aromatic heterocycles. The fraction of sp³-hybridized carbons (Fsp3) is 0.429. The molecule has 2 atom stereocenters. The van der Waals surface area contributed by atoms with Gasteiger partial charge in [0.25, 0.3) is 0 Å². The third kappa shape index (κ3) is 3.26. The number of aliphatic hydroxyl groups is 2. The van der Waals surface area contributed by atoms with E-state index < -0.39 is 16.9 Å². The molecule has 0 amide bonds. The highest BCUT2D eigenvalue weighted by Gasteiger charge is 2.57. The van der Waals surface area contributed by atoms with Crippen molar-refractivity contribution >= 4 is 5.57 Å². The van der Waals surface area contributed by atoms with E-state index in [4.69, 9.17) is 4.74 Å². The molecule has 0 bridgehead atoms. The molecule has 0 spiro atoms. The van der Waals surface area contributed by atoms with Gasteiger partial charge in [0.05, 0.1) is 18.6 Å². The minimum Gasteiger partial charge on any atom is -0.509 e. The van der Waals surface area contributed by atoms with Crippen molar-refractivity contribution in [3.8, 4) is 0 Å². The molecule has 2 aromatic rings. The Morgan fingerprint density at radius 3 is 2.10 bits per heavy atom. The third-order valence-corrected chi connectivity index (χ3v) is 6.88. The fourth-order valence-electron chi connectivity index (χ4n) is 5.48. The summed E-state index contributed by atoms with van der Waals surface area (Å²) in [6.07, 6.45) is 0.725. The van der Waals surface area contributed by atoms with E-state index in [1.54, 1.807) is 6.08 Å². The number of hydrogen-bond donors (Lipinski definition) is 2. The number of rotatable bonds is 0. The summed E-state index contributed by atoms with van der Waals surface area (Å²) >= 11 is 0. The van der Waals surface area contributed by atoms with Crippen molar-refractivity contribution in [1.29, 1.82) is 0 Å². The maximum atomic E-state index is 11.8. The normalized spacial score (nSPS) is 24.2. The molecule has 0 fully saturated rings. The molecule has 3 heteroatoms. The largest absolute Gasteiger partial charge is 0.509 e. The van der Waals surface area contributed by atoms with Crippen LogP contribution in [0.25, 0.3) is 5.57 Å². The Kier molecular flexibility index (Phi) is 5.19. The number of aliphatic hydroxyl groups excluding tert-OH is 2. The molecule has 0 radical (unpaired) electrons. The Balaban J connectivity index is 2.29. The molecule has 1 aliphatic carbocycles. The quantitative estimate of drug-likeness (QED) is 0.526. The van der Waals surface area contributed by atoms with Crippen molar-refractivity contribution in [3.05, 3.63) is 88.2 Å². The summed E-state index contributed by atoms with van der Waals surface area (Å²) in [5, 5.41) is 23.0. The zero-order valence-electron chi connectivity index (χ0n) is 19.5. The van der Waals surface area contributed by atoms with E-state index in [0.717, 1.165) is 33.4 Å². The number of fused-ring (bicyclic) bond motifs is 5. The summed E-state index contributed by atoms with van der Waals surface area (Å²) in [4.78, 5) is 0. The highest BCUT2D eigenvalue weighted by atomic mass is 16.5. The van der Waals surface area contributed by atoms with E-state index in [9.17, 15) is 10.2 Å². The lowest BCUT2D eigenvalue weighted by Gasteiger charge is -2.54. The molecule has 2 aromatic carbocycles. The lowest BCUT2D eigenvalue weighted by molar-refractivity contribution is 0.0374. The molecule has 1 aliphatic heterocycles. The number of allylic oxidation sites excluding steroid dienone is 2. The van der Waals surface area contributed by atoms with Gasteiger partial charge in [-0.1, -0.05) is 90.1 Å². The molecule has 164 valence electrons. The smallest absolute Gasteiger partial charge is 0.125 e. The monoisotopic (exact) mass is 418 g/mol. The van der Waals surface area contributed by atoms with Gasteiger partial charge in [-0.3, -0.25) is 0 Å². The summed E-state index contributed by atoms with van der Waals surface area (Å²) in [6.45, 7) is 13.9. The molecule has 2 aliphatic rings. The van der Waals surface area contributed by atoms with Gasteiger partial charge in [0.2, 0.25) is 0 Å². The molecule has 0 saturated carbocycles. The molecule has 3 nitrogen and oxygen atoms in total. The van der Waals surface area contributed by atoms with Crippen LogP contribution in [0.15, 0.2) is 65.9 Å². The summed E-state index contributed by atoms with van der Waals surface area (Å²) in [6, 6.07) is 16.5. The first kappa shape index (κ1) is 21.9. The summed E-state index contributed by atoms with van der Waals surface area (Å²) in [5.41, 5.74) is 4.89. The first-order valence-corrected chi connectivity index (χ1v) is 11.1. The minimum absolute atomic E-state index is 0.0241. The lowest BCUT2D eigenvalue weighted by Crippen LogP contribution is -2.54. The Morgan fingerprint density at radius 2 is 1.45 bits per heavy atom. The van der Waals surface area contributed by atoms with Crippen LogP contribution in [0.3, 0.4) is 0 Å². The van der Waals surface area contributed by atoms with E-state index in [2.05, 4.69) is 65.8 Å². The van der Waals surface area contributed by atoms with Crippen LogP contribution in [0.5, 0.6) is 0 Å². The predicted molar refractivity (Wildman–Crippen MR) is 126 cm³/mol. The van der Waals surface area contributed by atoms with Gasteiger partial charge < -0.3 is 14.9 Å². The number of hydrogen-bond acceptors (Lipinski definition) is 3. The number of ether oxygens (including phenoxy) is 1. The summed E-state index contributed by atoms with van der Waals surface area (Å²) < 4.78 is 6.17. The topological polar surface area (TPSA) is 49.7 Å². The Bertz CT molecular complexity index is 1060. The van der Waals surface area contributed by atoms with Crippen molar-refractivity contribution in [1.82, 2.24) is 0 Å². The zero-order valence-corrected chi connectivity index (χ0v) is 19.5. The van der Waals surface area contributed by atoms with Gasteiger partial charge in [0.1, 0.15) is 11.9 Å². The van der Waals surface area contributed by atoms with Gasteiger partial charge in [0.15, 0.2) is 0 Å². The van der Waals surface area contributed by atoms with Gasteiger partial charge in [-0.15, -0.1) is 0 Å². The second-order valence-corrected chi connectivity index (χ2v) is 10.9. The zero-order chi connectivity index (χ0) is 22.6. The Morgan fingerprint density at radius 1 is 0.871 bits per heavy atom. The van der Waals surface area contributed by atoms with Crippen LogP contribution in [-0.2, 0) is 23.4 Å². The maximum absolute atomic E-state index is 11.8. The lowest BCUT2D eigenvalue weighted by atomic mass is 9.50. The first-order valence-electron chi connectivity index (χ1n) is 11.1. The summed E-state index contributed by atoms with van der Waals surface area (Å²) in [5.74, 6) is 0.0241. The molecule has 1 heterocycles. The summed E-state index contributed by atoms with van der Waals surface area (Å²) in [7, 11) is 0. The highest BCUT2D eigenvalue weighted by molar-refractivity contribution is 5.86.